The molecule has 1 aromatic heterocycles. The van der Waals surface area contributed by atoms with Gasteiger partial charge in [0.25, 0.3) is 0 Å². The second-order valence-corrected chi connectivity index (χ2v) is 6.80. The van der Waals surface area contributed by atoms with E-state index in [1.165, 1.54) is 0 Å². The molecule has 1 atom stereocenters. The van der Waals surface area contributed by atoms with Crippen LogP contribution in [0.25, 0.3) is 0 Å². The van der Waals surface area contributed by atoms with Crippen LogP contribution >= 0.6 is 0 Å². The number of hydrogen-bond acceptors (Lipinski definition) is 4. The Kier molecular flexibility index (Phi) is 3.83. The average molecular weight is 257 g/mol. The van der Waals surface area contributed by atoms with Gasteiger partial charge in [0.05, 0.1) is 23.5 Å². The maximum atomic E-state index is 11.3. The highest BCUT2D eigenvalue weighted by Crippen LogP contribution is 2.17. The summed E-state index contributed by atoms with van der Waals surface area (Å²) < 4.78 is 24.7. The van der Waals surface area contributed by atoms with E-state index in [9.17, 15) is 8.42 Å². The molecule has 0 bridgehead atoms. The van der Waals surface area contributed by atoms with Crippen LogP contribution in [-0.4, -0.2) is 36.0 Å². The van der Waals surface area contributed by atoms with Crippen molar-refractivity contribution in [3.8, 4) is 0 Å². The van der Waals surface area contributed by atoms with Crippen molar-refractivity contribution in [1.82, 2.24) is 14.9 Å². The van der Waals surface area contributed by atoms with Crippen LogP contribution in [0, 0.1) is 5.92 Å². The zero-order valence-electron chi connectivity index (χ0n) is 10.1. The van der Waals surface area contributed by atoms with Crippen LogP contribution in [0.1, 0.15) is 19.0 Å². The number of nitrogens with zero attached hydrogens (tertiary/aromatic N) is 2. The van der Waals surface area contributed by atoms with Gasteiger partial charge >= 0.3 is 0 Å². The summed E-state index contributed by atoms with van der Waals surface area (Å²) in [5, 5.41) is 3.32. The van der Waals surface area contributed by atoms with E-state index in [1.807, 2.05) is 12.5 Å². The Bertz CT molecular complexity index is 467. The molecule has 0 radical (unpaired) electrons. The summed E-state index contributed by atoms with van der Waals surface area (Å²) in [5.74, 6) is 0.970. The third-order valence-electron chi connectivity index (χ3n) is 3.21. The zero-order valence-corrected chi connectivity index (χ0v) is 10.9. The summed E-state index contributed by atoms with van der Waals surface area (Å²) in [7, 11) is -2.75. The van der Waals surface area contributed by atoms with Gasteiger partial charge in [-0.15, -0.1) is 0 Å². The Morgan fingerprint density at radius 3 is 3.06 bits per heavy atom. The van der Waals surface area contributed by atoms with Crippen LogP contribution in [0.3, 0.4) is 0 Å². The van der Waals surface area contributed by atoms with E-state index in [2.05, 4.69) is 21.8 Å². The maximum Gasteiger partial charge on any atom is 0.150 e. The fraction of sp³-hybridized carbons (Fsp3) is 0.727. The molecular weight excluding hydrogens is 238 g/mol. The fourth-order valence-electron chi connectivity index (χ4n) is 2.22. The van der Waals surface area contributed by atoms with Crippen molar-refractivity contribution in [3.05, 3.63) is 18.2 Å². The van der Waals surface area contributed by atoms with Crippen molar-refractivity contribution in [2.45, 2.75) is 26.4 Å². The molecule has 96 valence electrons. The number of hydrogen-bond donors (Lipinski definition) is 1. The Hall–Kier alpha value is -0.880. The lowest BCUT2D eigenvalue weighted by Gasteiger charge is -2.10. The van der Waals surface area contributed by atoms with Crippen molar-refractivity contribution in [1.29, 1.82) is 0 Å². The summed E-state index contributed by atoms with van der Waals surface area (Å²) >= 11 is 0. The van der Waals surface area contributed by atoms with Gasteiger partial charge in [-0.2, -0.15) is 0 Å². The first-order chi connectivity index (χ1) is 8.11. The topological polar surface area (TPSA) is 64.0 Å². The first-order valence-corrected chi connectivity index (χ1v) is 7.83. The number of imidazole rings is 1. The first kappa shape index (κ1) is 12.6. The highest BCUT2D eigenvalue weighted by atomic mass is 32.2. The van der Waals surface area contributed by atoms with Gasteiger partial charge in [-0.3, -0.25) is 0 Å². The molecule has 0 amide bonds. The first-order valence-electron chi connectivity index (χ1n) is 6.01. The Morgan fingerprint density at radius 1 is 1.59 bits per heavy atom. The highest BCUT2D eigenvalue weighted by Gasteiger charge is 2.27. The zero-order chi connectivity index (χ0) is 12.3. The summed E-state index contributed by atoms with van der Waals surface area (Å²) in [5.41, 5.74) is 1.15. The van der Waals surface area contributed by atoms with Crippen molar-refractivity contribution in [2.75, 3.05) is 18.1 Å². The molecule has 0 spiro atoms. The highest BCUT2D eigenvalue weighted by molar-refractivity contribution is 7.91. The molecular formula is C11H19N3O2S. The largest absolute Gasteiger partial charge is 0.334 e. The number of aryl methyl sites for hydroxylation is 1. The second kappa shape index (κ2) is 5.18. The number of sulfone groups is 1. The summed E-state index contributed by atoms with van der Waals surface area (Å²) in [6.45, 7) is 4.52. The third kappa shape index (κ3) is 3.29. The minimum atomic E-state index is -2.75. The lowest BCUT2D eigenvalue weighted by atomic mass is 10.1. The molecule has 0 aromatic carbocycles. The molecule has 1 saturated heterocycles. The van der Waals surface area contributed by atoms with E-state index < -0.39 is 9.84 Å². The normalized spacial score (nSPS) is 23.0. The van der Waals surface area contributed by atoms with Crippen molar-refractivity contribution >= 4 is 9.84 Å². The van der Waals surface area contributed by atoms with Crippen molar-refractivity contribution < 1.29 is 8.42 Å². The van der Waals surface area contributed by atoms with Gasteiger partial charge in [-0.1, -0.05) is 0 Å². The molecule has 1 N–H and O–H groups in total. The van der Waals surface area contributed by atoms with Gasteiger partial charge in [-0.05, 0) is 25.8 Å². The maximum absolute atomic E-state index is 11.3. The molecule has 1 fully saturated rings. The summed E-state index contributed by atoms with van der Waals surface area (Å²) in [6, 6.07) is 0. The molecule has 1 unspecified atom stereocenters. The van der Waals surface area contributed by atoms with Crippen LogP contribution in [0.5, 0.6) is 0 Å². The minimum absolute atomic E-state index is 0.276. The number of aromatic nitrogens is 2. The van der Waals surface area contributed by atoms with Gasteiger partial charge in [0.15, 0.2) is 9.84 Å². The standard InChI is InChI=1S/C11H19N3O2S/c1-2-14-9-13-7-11(14)6-12-5-10-3-4-17(15,16)8-10/h7,9-10,12H,2-6,8H2,1H3. The van der Waals surface area contributed by atoms with Crippen LogP contribution in [0.2, 0.25) is 0 Å². The van der Waals surface area contributed by atoms with Gasteiger partial charge in [0.2, 0.25) is 0 Å². The van der Waals surface area contributed by atoms with Crippen LogP contribution in [0.15, 0.2) is 12.5 Å². The molecule has 17 heavy (non-hydrogen) atoms. The summed E-state index contributed by atoms with van der Waals surface area (Å²) in [4.78, 5) is 4.09. The SMILES string of the molecule is CCn1cncc1CNCC1CCS(=O)(=O)C1. The molecule has 0 aliphatic carbocycles. The van der Waals surface area contributed by atoms with E-state index in [4.69, 9.17) is 0 Å². The second-order valence-electron chi connectivity index (χ2n) is 4.57. The van der Waals surface area contributed by atoms with Crippen LogP contribution in [-0.2, 0) is 22.9 Å². The third-order valence-corrected chi connectivity index (χ3v) is 5.04. The van der Waals surface area contributed by atoms with Crippen LogP contribution < -0.4 is 5.32 Å². The van der Waals surface area contributed by atoms with Crippen molar-refractivity contribution in [2.24, 2.45) is 5.92 Å². The van der Waals surface area contributed by atoms with Gasteiger partial charge in [0.1, 0.15) is 0 Å². The fourth-order valence-corrected chi connectivity index (χ4v) is 4.08. The molecule has 1 aliphatic heterocycles. The predicted octanol–water partition coefficient (Wildman–Crippen LogP) is 0.427. The lowest BCUT2D eigenvalue weighted by molar-refractivity contribution is 0.510. The van der Waals surface area contributed by atoms with E-state index in [-0.39, 0.29) is 5.92 Å². The number of nitrogens with one attached hydrogen (secondary N) is 1. The van der Waals surface area contributed by atoms with E-state index in [0.717, 1.165) is 31.7 Å². The van der Waals surface area contributed by atoms with E-state index in [1.54, 1.807) is 0 Å². The van der Waals surface area contributed by atoms with Gasteiger partial charge in [-0.25, -0.2) is 13.4 Å². The molecule has 1 aliphatic rings. The molecule has 2 rings (SSSR count). The molecule has 0 saturated carbocycles. The van der Waals surface area contributed by atoms with Gasteiger partial charge < -0.3 is 9.88 Å². The Labute approximate surface area is 102 Å². The predicted molar refractivity (Wildman–Crippen MR) is 66.4 cm³/mol. The molecule has 2 heterocycles. The number of rotatable bonds is 5. The Balaban J connectivity index is 1.77. The van der Waals surface area contributed by atoms with E-state index >= 15 is 0 Å². The molecule has 6 heteroatoms. The van der Waals surface area contributed by atoms with Gasteiger partial charge in [0, 0.05) is 19.3 Å². The average Bonchev–Trinajstić information content (AvgIpc) is 2.85. The smallest absolute Gasteiger partial charge is 0.150 e. The van der Waals surface area contributed by atoms with Crippen LogP contribution in [0.4, 0.5) is 0 Å². The quantitative estimate of drug-likeness (QED) is 0.830. The van der Waals surface area contributed by atoms with Crippen molar-refractivity contribution in [3.63, 3.8) is 0 Å². The Morgan fingerprint density at radius 2 is 2.41 bits per heavy atom. The monoisotopic (exact) mass is 257 g/mol. The summed E-state index contributed by atoms with van der Waals surface area (Å²) in [6.07, 6.45) is 4.46. The molecule has 1 aromatic rings. The molecule has 5 nitrogen and oxygen atoms in total. The lowest BCUT2D eigenvalue weighted by Crippen LogP contribution is -2.24. The van der Waals surface area contributed by atoms with E-state index in [0.29, 0.717) is 11.5 Å². The minimum Gasteiger partial charge on any atom is -0.334 e.